The lowest BCUT2D eigenvalue weighted by molar-refractivity contribution is -0.155. The first-order valence-electron chi connectivity index (χ1n) is 4.80. The van der Waals surface area contributed by atoms with Gasteiger partial charge >= 0.3 is 0 Å². The number of ether oxygens (including phenoxy) is 4. The molecule has 2 aliphatic rings. The summed E-state index contributed by atoms with van der Waals surface area (Å²) in [5.41, 5.74) is -0.411. The van der Waals surface area contributed by atoms with Crippen LogP contribution in [0.15, 0.2) is 0 Å². The summed E-state index contributed by atoms with van der Waals surface area (Å²) in [6.45, 7) is 1.15. The van der Waals surface area contributed by atoms with Crippen LogP contribution in [0, 0.1) is 0 Å². The number of fused-ring (bicyclic) bond motifs is 2. The lowest BCUT2D eigenvalue weighted by atomic mass is 9.86. The third-order valence-corrected chi connectivity index (χ3v) is 2.99. The number of hydrogen-bond donors (Lipinski definition) is 0. The fraction of sp³-hybridized carbons (Fsp3) is 1.00. The Kier molecular flexibility index (Phi) is 2.84. The van der Waals surface area contributed by atoms with E-state index in [9.17, 15) is 0 Å². The Balaban J connectivity index is 2.20. The zero-order valence-electron chi connectivity index (χ0n) is 8.56. The van der Waals surface area contributed by atoms with Gasteiger partial charge in [0.05, 0.1) is 13.2 Å². The Morgan fingerprint density at radius 2 is 2.29 bits per heavy atom. The highest BCUT2D eigenvalue weighted by Gasteiger charge is 2.56. The Morgan fingerprint density at radius 1 is 1.50 bits per heavy atom. The van der Waals surface area contributed by atoms with Crippen LogP contribution in [0.1, 0.15) is 6.42 Å². The normalized spacial score (nSPS) is 46.9. The van der Waals surface area contributed by atoms with Crippen LogP contribution in [-0.2, 0) is 18.9 Å². The van der Waals surface area contributed by atoms with Crippen LogP contribution in [0.4, 0.5) is 0 Å². The Hall–Kier alpha value is -0.0951. The van der Waals surface area contributed by atoms with Crippen LogP contribution in [0.25, 0.3) is 0 Å². The van der Waals surface area contributed by atoms with Crippen molar-refractivity contribution in [2.45, 2.75) is 30.2 Å². The minimum absolute atomic E-state index is 0.119. The molecule has 0 aromatic carbocycles. The van der Waals surface area contributed by atoms with Crippen LogP contribution < -0.4 is 0 Å². The minimum Gasteiger partial charge on any atom is -0.382 e. The van der Waals surface area contributed by atoms with Gasteiger partial charge in [0.2, 0.25) is 0 Å². The summed E-state index contributed by atoms with van der Waals surface area (Å²) in [5.74, 6) is 0. The van der Waals surface area contributed by atoms with Gasteiger partial charge in [-0.3, -0.25) is 0 Å². The lowest BCUT2D eigenvalue weighted by Gasteiger charge is -2.37. The molecule has 0 spiro atoms. The van der Waals surface area contributed by atoms with Gasteiger partial charge in [0.15, 0.2) is 0 Å². The predicted octanol–water partition coefficient (Wildman–Crippen LogP) is -0.300. The molecule has 2 rings (SSSR count). The summed E-state index contributed by atoms with van der Waals surface area (Å²) in [7, 11) is 9.12. The summed E-state index contributed by atoms with van der Waals surface area (Å²) < 4.78 is 21.8. The molecule has 2 fully saturated rings. The second-order valence-corrected chi connectivity index (χ2v) is 3.82. The van der Waals surface area contributed by atoms with Crippen molar-refractivity contribution in [2.75, 3.05) is 27.4 Å². The van der Waals surface area contributed by atoms with E-state index in [0.717, 1.165) is 6.42 Å². The molecule has 14 heavy (non-hydrogen) atoms. The zero-order chi connectivity index (χ0) is 10.2. The van der Waals surface area contributed by atoms with E-state index in [-0.39, 0.29) is 12.2 Å². The standard InChI is InChI=1S/C9H15BO4/c1-11-5-9-3-4-13-6(7(9)12-2)8(10)14-9/h6-8H,3-5H2,1-2H3/t6-,7+,8-,9-/m1/s1. The maximum absolute atomic E-state index is 5.82. The summed E-state index contributed by atoms with van der Waals surface area (Å²) in [6, 6.07) is -0.405. The van der Waals surface area contributed by atoms with Crippen LogP contribution in [0.5, 0.6) is 0 Å². The van der Waals surface area contributed by atoms with Crippen molar-refractivity contribution in [3.05, 3.63) is 0 Å². The molecule has 4 atom stereocenters. The molecule has 2 aliphatic heterocycles. The highest BCUT2D eigenvalue weighted by atomic mass is 16.6. The second-order valence-electron chi connectivity index (χ2n) is 3.82. The zero-order valence-corrected chi connectivity index (χ0v) is 8.56. The van der Waals surface area contributed by atoms with E-state index in [1.165, 1.54) is 0 Å². The van der Waals surface area contributed by atoms with Crippen molar-refractivity contribution >= 4 is 7.85 Å². The molecule has 5 heteroatoms. The third kappa shape index (κ3) is 1.39. The van der Waals surface area contributed by atoms with E-state index >= 15 is 0 Å². The number of hydrogen-bond acceptors (Lipinski definition) is 4. The number of methoxy groups -OCH3 is 2. The first-order chi connectivity index (χ1) is 6.73. The third-order valence-electron chi connectivity index (χ3n) is 2.99. The van der Waals surface area contributed by atoms with Crippen molar-refractivity contribution in [2.24, 2.45) is 0 Å². The topological polar surface area (TPSA) is 36.9 Å². The fourth-order valence-electron chi connectivity index (χ4n) is 2.41. The largest absolute Gasteiger partial charge is 0.382 e. The predicted molar refractivity (Wildman–Crippen MR) is 50.4 cm³/mol. The second kappa shape index (κ2) is 3.81. The van der Waals surface area contributed by atoms with E-state index in [1.807, 2.05) is 0 Å². The monoisotopic (exact) mass is 198 g/mol. The molecule has 0 saturated carbocycles. The molecule has 0 unspecified atom stereocenters. The quantitative estimate of drug-likeness (QED) is 0.583. The number of rotatable bonds is 3. The van der Waals surface area contributed by atoms with E-state index < -0.39 is 11.6 Å². The summed E-state index contributed by atoms with van der Waals surface area (Å²) in [5, 5.41) is 0. The molecule has 2 bridgehead atoms. The first kappa shape index (κ1) is 10.4. The van der Waals surface area contributed by atoms with Crippen molar-refractivity contribution in [1.29, 1.82) is 0 Å². The minimum atomic E-state index is -0.411. The van der Waals surface area contributed by atoms with Crippen LogP contribution in [0.3, 0.4) is 0 Å². The molecule has 2 radical (unpaired) electrons. The van der Waals surface area contributed by atoms with Crippen LogP contribution >= 0.6 is 0 Å². The SMILES string of the molecule is [B][C@@H]1O[C@@]2(COC)CCO[C@@H]1[C@@H]2OC. The highest BCUT2D eigenvalue weighted by Crippen LogP contribution is 2.40. The van der Waals surface area contributed by atoms with Gasteiger partial charge in [-0.15, -0.1) is 0 Å². The van der Waals surface area contributed by atoms with Crippen LogP contribution in [0.2, 0.25) is 0 Å². The Morgan fingerprint density at radius 3 is 2.93 bits per heavy atom. The maximum atomic E-state index is 5.82. The molecule has 0 aromatic heterocycles. The van der Waals surface area contributed by atoms with E-state index in [1.54, 1.807) is 14.2 Å². The molecule has 0 N–H and O–H groups in total. The molecule has 2 heterocycles. The van der Waals surface area contributed by atoms with Crippen molar-refractivity contribution in [1.82, 2.24) is 0 Å². The van der Waals surface area contributed by atoms with E-state index in [4.69, 9.17) is 26.8 Å². The summed E-state index contributed by atoms with van der Waals surface area (Å²) in [4.78, 5) is 0. The van der Waals surface area contributed by atoms with E-state index in [2.05, 4.69) is 0 Å². The van der Waals surface area contributed by atoms with Crippen molar-refractivity contribution in [3.8, 4) is 0 Å². The Labute approximate surface area is 85.3 Å². The lowest BCUT2D eigenvalue weighted by Crippen LogP contribution is -2.52. The summed E-state index contributed by atoms with van der Waals surface area (Å²) in [6.07, 6.45) is 0.485. The fourth-order valence-corrected chi connectivity index (χ4v) is 2.41. The molecular weight excluding hydrogens is 183 g/mol. The summed E-state index contributed by atoms with van der Waals surface area (Å²) >= 11 is 0. The van der Waals surface area contributed by atoms with Gasteiger partial charge in [-0.1, -0.05) is 0 Å². The molecule has 2 saturated heterocycles. The molecule has 0 aliphatic carbocycles. The molecule has 0 aromatic rings. The Bertz CT molecular complexity index is 209. The maximum Gasteiger partial charge on any atom is 0.122 e. The smallest absolute Gasteiger partial charge is 0.122 e. The first-order valence-corrected chi connectivity index (χ1v) is 4.80. The van der Waals surface area contributed by atoms with Gasteiger partial charge in [-0.25, -0.2) is 0 Å². The average molecular weight is 198 g/mol. The van der Waals surface area contributed by atoms with Crippen molar-refractivity contribution < 1.29 is 18.9 Å². The van der Waals surface area contributed by atoms with Gasteiger partial charge in [-0.05, 0) is 0 Å². The van der Waals surface area contributed by atoms with Gasteiger partial charge in [0.1, 0.15) is 25.7 Å². The van der Waals surface area contributed by atoms with Gasteiger partial charge < -0.3 is 18.9 Å². The van der Waals surface area contributed by atoms with Crippen LogP contribution in [-0.4, -0.2) is 59.1 Å². The molecule has 0 amide bonds. The van der Waals surface area contributed by atoms with E-state index in [0.29, 0.717) is 13.2 Å². The average Bonchev–Trinajstić information content (AvgIpc) is 2.30. The van der Waals surface area contributed by atoms with Gasteiger partial charge in [-0.2, -0.15) is 0 Å². The van der Waals surface area contributed by atoms with Gasteiger partial charge in [0, 0.05) is 26.6 Å². The molecular formula is C9H15BO4. The highest BCUT2D eigenvalue weighted by molar-refractivity contribution is 6.11. The molecule has 78 valence electrons. The van der Waals surface area contributed by atoms with Crippen molar-refractivity contribution in [3.63, 3.8) is 0 Å². The molecule has 4 nitrogen and oxygen atoms in total. The van der Waals surface area contributed by atoms with Gasteiger partial charge in [0.25, 0.3) is 0 Å².